The number of carbonyl (C=O) groups excluding carboxylic acids is 1. The van der Waals surface area contributed by atoms with Crippen LogP contribution in [0.1, 0.15) is 5.56 Å². The summed E-state index contributed by atoms with van der Waals surface area (Å²) in [5, 5.41) is 13.3. The minimum atomic E-state index is -0.635. The maximum absolute atomic E-state index is 12.8. The van der Waals surface area contributed by atoms with Crippen LogP contribution in [-0.4, -0.2) is 30.8 Å². The molecule has 6 heteroatoms. The van der Waals surface area contributed by atoms with Gasteiger partial charge in [0.15, 0.2) is 0 Å². The van der Waals surface area contributed by atoms with Crippen LogP contribution in [0.15, 0.2) is 18.2 Å². The van der Waals surface area contributed by atoms with Crippen molar-refractivity contribution in [2.75, 3.05) is 19.7 Å². The minimum Gasteiger partial charge on any atom is -0.395 e. The quantitative estimate of drug-likeness (QED) is 0.717. The number of benzene rings is 1. The molecule has 0 aliphatic carbocycles. The molecule has 0 bridgehead atoms. The number of rotatable bonds is 5. The van der Waals surface area contributed by atoms with Crippen molar-refractivity contribution in [3.8, 4) is 0 Å². The molecule has 17 heavy (non-hydrogen) atoms. The van der Waals surface area contributed by atoms with E-state index in [1.165, 1.54) is 12.1 Å². The summed E-state index contributed by atoms with van der Waals surface area (Å²) >= 11 is 0. The van der Waals surface area contributed by atoms with Gasteiger partial charge in [-0.3, -0.25) is 0 Å². The smallest absolute Gasteiger partial charge is 0.314 e. The number of nitrogens with one attached hydrogen (secondary N) is 2. The Labute approximate surface area is 97.6 Å². The predicted molar refractivity (Wildman–Crippen MR) is 58.5 cm³/mol. The molecule has 1 aromatic carbocycles. The Bertz CT molecular complexity index is 365. The Hall–Kier alpha value is -1.69. The minimum absolute atomic E-state index is 0.136. The molecule has 0 aliphatic rings. The van der Waals surface area contributed by atoms with Gasteiger partial charge in [-0.15, -0.1) is 0 Å². The Balaban J connectivity index is 2.33. The average Bonchev–Trinajstić information content (AvgIpc) is 2.25. The topological polar surface area (TPSA) is 61.4 Å². The van der Waals surface area contributed by atoms with E-state index in [2.05, 4.69) is 10.6 Å². The molecule has 0 aromatic heterocycles. The van der Waals surface area contributed by atoms with Crippen molar-refractivity contribution in [1.29, 1.82) is 0 Å². The van der Waals surface area contributed by atoms with Crippen LogP contribution in [0.25, 0.3) is 0 Å². The molecule has 2 amide bonds. The Morgan fingerprint density at radius 3 is 2.29 bits per heavy atom. The van der Waals surface area contributed by atoms with Gasteiger partial charge in [0.25, 0.3) is 0 Å². The fourth-order valence-electron chi connectivity index (χ4n) is 1.31. The van der Waals surface area contributed by atoms with Crippen molar-refractivity contribution in [3.05, 3.63) is 35.4 Å². The number of carbonyl (C=O) groups is 1. The van der Waals surface area contributed by atoms with E-state index in [0.717, 1.165) is 6.07 Å². The first kappa shape index (κ1) is 13.4. The van der Waals surface area contributed by atoms with Gasteiger partial charge in [0.1, 0.15) is 11.6 Å². The van der Waals surface area contributed by atoms with Crippen molar-refractivity contribution in [2.24, 2.45) is 0 Å². The molecule has 0 radical (unpaired) electrons. The van der Waals surface area contributed by atoms with Crippen LogP contribution in [0.2, 0.25) is 0 Å². The first-order chi connectivity index (χ1) is 8.11. The van der Waals surface area contributed by atoms with Crippen molar-refractivity contribution in [3.63, 3.8) is 0 Å². The number of halogens is 2. The van der Waals surface area contributed by atoms with Gasteiger partial charge in [0, 0.05) is 19.2 Å². The van der Waals surface area contributed by atoms with Crippen LogP contribution >= 0.6 is 0 Å². The van der Waals surface area contributed by atoms with Crippen molar-refractivity contribution < 1.29 is 18.7 Å². The lowest BCUT2D eigenvalue weighted by Gasteiger charge is -2.06. The van der Waals surface area contributed by atoms with Gasteiger partial charge < -0.3 is 15.7 Å². The molecule has 0 aliphatic heterocycles. The van der Waals surface area contributed by atoms with Crippen LogP contribution in [0.3, 0.4) is 0 Å². The number of hydrogen-bond donors (Lipinski definition) is 3. The van der Waals surface area contributed by atoms with Gasteiger partial charge in [-0.25, -0.2) is 13.6 Å². The number of aliphatic hydroxyl groups excluding tert-OH is 1. The van der Waals surface area contributed by atoms with E-state index < -0.39 is 17.7 Å². The summed E-state index contributed by atoms with van der Waals surface area (Å²) in [6.45, 7) is 0.295. The van der Waals surface area contributed by atoms with Crippen LogP contribution in [0.4, 0.5) is 13.6 Å². The molecule has 0 fully saturated rings. The Kier molecular flexibility index (Phi) is 5.35. The van der Waals surface area contributed by atoms with Crippen molar-refractivity contribution >= 4 is 6.03 Å². The summed E-state index contributed by atoms with van der Waals surface area (Å²) in [6, 6.07) is 2.81. The summed E-state index contributed by atoms with van der Waals surface area (Å²) in [4.78, 5) is 11.0. The second-order valence-corrected chi connectivity index (χ2v) is 3.43. The van der Waals surface area contributed by atoms with Gasteiger partial charge in [0.2, 0.25) is 0 Å². The monoisotopic (exact) mass is 244 g/mol. The molecule has 0 spiro atoms. The van der Waals surface area contributed by atoms with E-state index in [4.69, 9.17) is 5.11 Å². The van der Waals surface area contributed by atoms with E-state index in [0.29, 0.717) is 12.0 Å². The average molecular weight is 244 g/mol. The highest BCUT2D eigenvalue weighted by molar-refractivity contribution is 5.73. The first-order valence-corrected chi connectivity index (χ1v) is 5.19. The molecule has 94 valence electrons. The van der Waals surface area contributed by atoms with Crippen molar-refractivity contribution in [2.45, 2.75) is 6.42 Å². The van der Waals surface area contributed by atoms with Crippen molar-refractivity contribution in [1.82, 2.24) is 10.6 Å². The van der Waals surface area contributed by atoms with E-state index in [1.54, 1.807) is 0 Å². The van der Waals surface area contributed by atoms with Crippen LogP contribution in [0.5, 0.6) is 0 Å². The lowest BCUT2D eigenvalue weighted by atomic mass is 10.1. The highest BCUT2D eigenvalue weighted by Crippen LogP contribution is 2.07. The molecule has 0 atom stereocenters. The van der Waals surface area contributed by atoms with E-state index >= 15 is 0 Å². The molecule has 0 saturated carbocycles. The number of aliphatic hydroxyl groups is 1. The Morgan fingerprint density at radius 2 is 1.71 bits per heavy atom. The normalized spacial score (nSPS) is 10.1. The fraction of sp³-hybridized carbons (Fsp3) is 0.364. The predicted octanol–water partition coefficient (Wildman–Crippen LogP) is 0.799. The van der Waals surface area contributed by atoms with Gasteiger partial charge >= 0.3 is 6.03 Å². The SMILES string of the molecule is O=C(NCCO)NCCc1cc(F)cc(F)c1. The van der Waals surface area contributed by atoms with Gasteiger partial charge in [-0.2, -0.15) is 0 Å². The number of hydrogen-bond acceptors (Lipinski definition) is 2. The number of urea groups is 1. The summed E-state index contributed by atoms with van der Waals surface area (Å²) in [6.07, 6.45) is 0.335. The molecule has 3 N–H and O–H groups in total. The lowest BCUT2D eigenvalue weighted by Crippen LogP contribution is -2.37. The van der Waals surface area contributed by atoms with Gasteiger partial charge in [-0.1, -0.05) is 0 Å². The second-order valence-electron chi connectivity index (χ2n) is 3.43. The second kappa shape index (κ2) is 6.80. The zero-order valence-corrected chi connectivity index (χ0v) is 9.17. The maximum atomic E-state index is 12.8. The van der Waals surface area contributed by atoms with Gasteiger partial charge in [-0.05, 0) is 24.1 Å². The van der Waals surface area contributed by atoms with Crippen LogP contribution in [0, 0.1) is 11.6 Å². The summed E-state index contributed by atoms with van der Waals surface area (Å²) in [5.41, 5.74) is 0.477. The third kappa shape index (κ3) is 5.26. The van der Waals surface area contributed by atoms with Crippen LogP contribution in [-0.2, 0) is 6.42 Å². The van der Waals surface area contributed by atoms with Gasteiger partial charge in [0.05, 0.1) is 6.61 Å². The largest absolute Gasteiger partial charge is 0.395 e. The zero-order chi connectivity index (χ0) is 12.7. The summed E-state index contributed by atoms with van der Waals surface area (Å²) < 4.78 is 25.6. The molecule has 4 nitrogen and oxygen atoms in total. The molecular formula is C11H14F2N2O2. The molecule has 0 saturated heterocycles. The zero-order valence-electron chi connectivity index (χ0n) is 9.17. The molecule has 0 heterocycles. The Morgan fingerprint density at radius 1 is 1.12 bits per heavy atom. The highest BCUT2D eigenvalue weighted by Gasteiger charge is 2.02. The molecule has 0 unspecified atom stereocenters. The van der Waals surface area contributed by atoms with E-state index in [-0.39, 0.29) is 19.7 Å². The maximum Gasteiger partial charge on any atom is 0.314 e. The van der Waals surface area contributed by atoms with E-state index in [9.17, 15) is 13.6 Å². The third-order valence-electron chi connectivity index (χ3n) is 2.02. The lowest BCUT2D eigenvalue weighted by molar-refractivity contribution is 0.234. The summed E-state index contributed by atoms with van der Waals surface area (Å²) in [5.74, 6) is -1.27. The number of amides is 2. The standard InChI is InChI=1S/C11H14F2N2O2/c12-9-5-8(6-10(13)7-9)1-2-14-11(17)15-3-4-16/h5-7,16H,1-4H2,(H2,14,15,17). The highest BCUT2D eigenvalue weighted by atomic mass is 19.1. The fourth-order valence-corrected chi connectivity index (χ4v) is 1.31. The third-order valence-corrected chi connectivity index (χ3v) is 2.02. The molecule has 1 rings (SSSR count). The summed E-state index contributed by atoms with van der Waals surface area (Å²) in [7, 11) is 0. The molecular weight excluding hydrogens is 230 g/mol. The van der Waals surface area contributed by atoms with Crippen LogP contribution < -0.4 is 10.6 Å². The van der Waals surface area contributed by atoms with E-state index in [1.807, 2.05) is 0 Å². The first-order valence-electron chi connectivity index (χ1n) is 5.19. The molecule has 1 aromatic rings.